The van der Waals surface area contributed by atoms with E-state index in [-0.39, 0.29) is 5.41 Å². The van der Waals surface area contributed by atoms with Gasteiger partial charge in [-0.2, -0.15) is 10.2 Å². The number of hydrogen-bond acceptors (Lipinski definition) is 6. The summed E-state index contributed by atoms with van der Waals surface area (Å²) in [5, 5.41) is 9.54. The van der Waals surface area contributed by atoms with Gasteiger partial charge in [0.2, 0.25) is 0 Å². The molecule has 178 valence electrons. The predicted molar refractivity (Wildman–Crippen MR) is 138 cm³/mol. The largest absolute Gasteiger partial charge is 0.456 e. The summed E-state index contributed by atoms with van der Waals surface area (Å²) in [5.74, 6) is 1.01. The monoisotopic (exact) mass is 506 g/mol. The Morgan fingerprint density at radius 1 is 0.886 bits per heavy atom. The Morgan fingerprint density at radius 2 is 1.57 bits per heavy atom. The Labute approximate surface area is 209 Å². The standard InChI is InChI=1S/C27H24ClN2O4P/c1-27(2)17-32-35(31,33-18-27)26(19-8-11-21(28)12-9-19)25-14-10-20-16-23(13-15-24(20)34-25)30-29-22-6-4-3-5-7-22/h3-16H,17-18H2,1-2H3/b26-25+,30-29?. The minimum Gasteiger partial charge on any atom is -0.456 e. The van der Waals surface area contributed by atoms with Crippen LogP contribution >= 0.6 is 19.2 Å². The zero-order chi connectivity index (χ0) is 24.5. The second-order valence-electron chi connectivity index (χ2n) is 9.12. The van der Waals surface area contributed by atoms with E-state index in [1.54, 1.807) is 30.3 Å². The lowest BCUT2D eigenvalue weighted by molar-refractivity contribution is 0.0466. The lowest BCUT2D eigenvalue weighted by Crippen LogP contribution is -2.29. The second-order valence-corrected chi connectivity index (χ2v) is 11.5. The van der Waals surface area contributed by atoms with Crippen molar-refractivity contribution >= 4 is 42.0 Å². The highest BCUT2D eigenvalue weighted by Crippen LogP contribution is 2.65. The van der Waals surface area contributed by atoms with Crippen LogP contribution in [0.4, 0.5) is 11.4 Å². The summed E-state index contributed by atoms with van der Waals surface area (Å²) in [7, 11) is -3.65. The molecule has 0 aromatic heterocycles. The first-order valence-electron chi connectivity index (χ1n) is 11.2. The third-order valence-electron chi connectivity index (χ3n) is 5.54. The lowest BCUT2D eigenvalue weighted by atomic mass is 9.97. The molecule has 1 saturated heterocycles. The number of allylic oxidation sites excluding steroid dienone is 1. The fourth-order valence-electron chi connectivity index (χ4n) is 3.65. The minimum absolute atomic E-state index is 0.232. The van der Waals surface area contributed by atoms with Crippen LogP contribution in [0.25, 0.3) is 11.4 Å². The van der Waals surface area contributed by atoms with Gasteiger partial charge >= 0.3 is 7.60 Å². The maximum Gasteiger partial charge on any atom is 0.365 e. The molecule has 0 spiro atoms. The molecule has 8 heteroatoms. The lowest BCUT2D eigenvalue weighted by Gasteiger charge is -2.35. The highest BCUT2D eigenvalue weighted by Gasteiger charge is 2.42. The molecule has 1 fully saturated rings. The van der Waals surface area contributed by atoms with E-state index in [9.17, 15) is 4.57 Å². The molecule has 0 bridgehead atoms. The van der Waals surface area contributed by atoms with Gasteiger partial charge in [-0.3, -0.25) is 4.57 Å². The van der Waals surface area contributed by atoms with Crippen LogP contribution in [-0.2, 0) is 13.6 Å². The molecule has 35 heavy (non-hydrogen) atoms. The summed E-state index contributed by atoms with van der Waals surface area (Å²) in [6.07, 6.45) is 3.67. The van der Waals surface area contributed by atoms with Crippen molar-refractivity contribution in [3.05, 3.63) is 101 Å². The first-order chi connectivity index (χ1) is 16.8. The molecule has 2 heterocycles. The molecule has 0 radical (unpaired) electrons. The van der Waals surface area contributed by atoms with Gasteiger partial charge in [-0.05, 0) is 60.2 Å². The maximum atomic E-state index is 13.9. The quantitative estimate of drug-likeness (QED) is 0.262. The molecule has 0 aliphatic carbocycles. The fraction of sp³-hybridized carbons (Fsp3) is 0.185. The van der Waals surface area contributed by atoms with Gasteiger partial charge in [-0.1, -0.05) is 55.8 Å². The van der Waals surface area contributed by atoms with Crippen molar-refractivity contribution in [1.82, 2.24) is 0 Å². The van der Waals surface area contributed by atoms with E-state index in [1.807, 2.05) is 68.5 Å². The molecule has 5 rings (SSSR count). The van der Waals surface area contributed by atoms with E-state index >= 15 is 0 Å². The first kappa shape index (κ1) is 23.7. The Hall–Kier alpha value is -3.02. The number of hydrogen-bond donors (Lipinski definition) is 0. The average Bonchev–Trinajstić information content (AvgIpc) is 2.87. The summed E-state index contributed by atoms with van der Waals surface area (Å²) in [5.41, 5.74) is 2.73. The molecular weight excluding hydrogens is 483 g/mol. The summed E-state index contributed by atoms with van der Waals surface area (Å²) in [6, 6.07) is 22.1. The van der Waals surface area contributed by atoms with Crippen LogP contribution in [0.1, 0.15) is 25.0 Å². The Morgan fingerprint density at radius 3 is 2.29 bits per heavy atom. The highest BCUT2D eigenvalue weighted by molar-refractivity contribution is 7.65. The number of benzene rings is 3. The Balaban J connectivity index is 1.50. The maximum absolute atomic E-state index is 13.9. The van der Waals surface area contributed by atoms with Gasteiger partial charge < -0.3 is 13.8 Å². The van der Waals surface area contributed by atoms with E-state index in [1.165, 1.54) is 0 Å². The zero-order valence-corrected chi connectivity index (χ0v) is 21.0. The molecule has 3 aromatic rings. The second kappa shape index (κ2) is 9.56. The molecule has 0 atom stereocenters. The molecule has 2 aliphatic rings. The molecule has 3 aromatic carbocycles. The van der Waals surface area contributed by atoms with Crippen LogP contribution in [0.2, 0.25) is 5.02 Å². The third kappa shape index (κ3) is 5.31. The summed E-state index contributed by atoms with van der Waals surface area (Å²) >= 11 is 6.10. The van der Waals surface area contributed by atoms with Crippen LogP contribution in [0, 0.1) is 5.41 Å². The minimum atomic E-state index is -3.65. The van der Waals surface area contributed by atoms with Crippen molar-refractivity contribution in [2.75, 3.05) is 13.2 Å². The van der Waals surface area contributed by atoms with E-state index in [0.29, 0.717) is 46.3 Å². The predicted octanol–water partition coefficient (Wildman–Crippen LogP) is 8.80. The summed E-state index contributed by atoms with van der Waals surface area (Å²) in [6.45, 7) is 4.63. The third-order valence-corrected chi connectivity index (χ3v) is 7.76. The van der Waals surface area contributed by atoms with Gasteiger partial charge in [0.15, 0.2) is 0 Å². The number of halogens is 1. The normalized spacial score (nSPS) is 19.7. The van der Waals surface area contributed by atoms with Crippen molar-refractivity contribution in [3.8, 4) is 5.75 Å². The molecule has 6 nitrogen and oxygen atoms in total. The van der Waals surface area contributed by atoms with Crippen LogP contribution in [0.15, 0.2) is 94.9 Å². The van der Waals surface area contributed by atoms with Gasteiger partial charge in [0.1, 0.15) is 16.8 Å². The molecular formula is C27H24ClN2O4P. The summed E-state index contributed by atoms with van der Waals surface area (Å²) < 4.78 is 31.9. The number of nitrogens with zero attached hydrogens (tertiary/aromatic N) is 2. The number of ether oxygens (including phenoxy) is 1. The molecule has 0 saturated carbocycles. The Kier molecular flexibility index (Phi) is 6.47. The van der Waals surface area contributed by atoms with Crippen molar-refractivity contribution in [2.45, 2.75) is 13.8 Å². The Bertz CT molecular complexity index is 1370. The number of rotatable bonds is 4. The molecule has 0 amide bonds. The number of fused-ring (bicyclic) bond motifs is 1. The van der Waals surface area contributed by atoms with Crippen LogP contribution in [-0.4, -0.2) is 13.2 Å². The van der Waals surface area contributed by atoms with Crippen LogP contribution in [0.5, 0.6) is 5.75 Å². The first-order valence-corrected chi connectivity index (χ1v) is 13.1. The topological polar surface area (TPSA) is 69.5 Å². The van der Waals surface area contributed by atoms with Gasteiger partial charge in [0.05, 0.1) is 24.6 Å². The van der Waals surface area contributed by atoms with E-state index in [2.05, 4.69) is 10.2 Å². The molecule has 2 aliphatic heterocycles. The van der Waals surface area contributed by atoms with Crippen molar-refractivity contribution < 1.29 is 18.3 Å². The van der Waals surface area contributed by atoms with Crippen LogP contribution < -0.4 is 4.74 Å². The zero-order valence-electron chi connectivity index (χ0n) is 19.3. The molecule has 0 N–H and O–H groups in total. The van der Waals surface area contributed by atoms with Crippen molar-refractivity contribution in [1.29, 1.82) is 0 Å². The van der Waals surface area contributed by atoms with Crippen molar-refractivity contribution in [3.63, 3.8) is 0 Å². The summed E-state index contributed by atoms with van der Waals surface area (Å²) in [4.78, 5) is 0. The smallest absolute Gasteiger partial charge is 0.365 e. The highest BCUT2D eigenvalue weighted by atomic mass is 35.5. The van der Waals surface area contributed by atoms with E-state index in [4.69, 9.17) is 25.4 Å². The fourth-order valence-corrected chi connectivity index (χ4v) is 6.00. The van der Waals surface area contributed by atoms with Crippen molar-refractivity contribution in [2.24, 2.45) is 15.6 Å². The average molecular weight is 507 g/mol. The van der Waals surface area contributed by atoms with Gasteiger partial charge in [0.25, 0.3) is 0 Å². The van der Waals surface area contributed by atoms with Gasteiger partial charge in [0, 0.05) is 16.0 Å². The van der Waals surface area contributed by atoms with Gasteiger partial charge in [-0.15, -0.1) is 0 Å². The SMILES string of the molecule is CC1(C)COP(=O)(/C(=C2\C=Cc3cc(N=Nc4ccccc4)ccc3O2)c2ccc(Cl)cc2)OC1. The van der Waals surface area contributed by atoms with E-state index in [0.717, 1.165) is 11.3 Å². The van der Waals surface area contributed by atoms with Crippen LogP contribution in [0.3, 0.4) is 0 Å². The number of azo groups is 1. The van der Waals surface area contributed by atoms with Gasteiger partial charge in [-0.25, -0.2) is 0 Å². The van der Waals surface area contributed by atoms with E-state index < -0.39 is 7.60 Å². The molecule has 0 unspecified atom stereocenters.